The fourth-order valence-corrected chi connectivity index (χ4v) is 5.10. The second-order valence-corrected chi connectivity index (χ2v) is 6.88. The van der Waals surface area contributed by atoms with Crippen molar-refractivity contribution < 1.29 is 4.84 Å². The van der Waals surface area contributed by atoms with Gasteiger partial charge < -0.3 is 5.32 Å². The number of hydroxylamine groups is 1. The van der Waals surface area contributed by atoms with Gasteiger partial charge in [0.15, 0.2) is 0 Å². The maximum atomic E-state index is 5.77. The van der Waals surface area contributed by atoms with Gasteiger partial charge in [-0.1, -0.05) is 0 Å². The van der Waals surface area contributed by atoms with Gasteiger partial charge >= 0.3 is 0 Å². The second kappa shape index (κ2) is 3.94. The topological polar surface area (TPSA) is 33.3 Å². The van der Waals surface area contributed by atoms with Gasteiger partial charge in [-0.05, 0) is 69.4 Å². The van der Waals surface area contributed by atoms with Gasteiger partial charge in [0, 0.05) is 12.0 Å². The zero-order valence-electron chi connectivity index (χ0n) is 10.7. The number of rotatable bonds is 0. The van der Waals surface area contributed by atoms with Crippen LogP contribution in [0.25, 0.3) is 0 Å². The van der Waals surface area contributed by atoms with E-state index >= 15 is 0 Å². The zero-order valence-corrected chi connectivity index (χ0v) is 10.7. The van der Waals surface area contributed by atoms with Gasteiger partial charge in [0.2, 0.25) is 0 Å². The van der Waals surface area contributed by atoms with E-state index in [1.807, 2.05) is 0 Å². The summed E-state index contributed by atoms with van der Waals surface area (Å²) in [5, 5.41) is 3.64. The lowest BCUT2D eigenvalue weighted by atomic mass is 9.58. The van der Waals surface area contributed by atoms with Crippen LogP contribution < -0.4 is 10.8 Å². The van der Waals surface area contributed by atoms with Gasteiger partial charge in [0.05, 0.1) is 6.10 Å². The maximum absolute atomic E-state index is 5.77. The highest BCUT2D eigenvalue weighted by atomic mass is 16.7. The average Bonchev–Trinajstić information content (AvgIpc) is 2.69. The minimum Gasteiger partial charge on any atom is -0.316 e. The van der Waals surface area contributed by atoms with Crippen LogP contribution in [0.1, 0.15) is 32.6 Å². The van der Waals surface area contributed by atoms with Crippen molar-refractivity contribution in [2.75, 3.05) is 13.1 Å². The molecule has 0 amide bonds. The summed E-state index contributed by atoms with van der Waals surface area (Å²) in [6.45, 7) is 4.83. The zero-order chi connectivity index (χ0) is 11.4. The smallest absolute Gasteiger partial charge is 0.0837 e. The van der Waals surface area contributed by atoms with Gasteiger partial charge in [-0.25, -0.2) is 0 Å². The van der Waals surface area contributed by atoms with Crippen LogP contribution in [0.3, 0.4) is 0 Å². The van der Waals surface area contributed by atoms with E-state index in [-0.39, 0.29) is 0 Å². The predicted octanol–water partition coefficient (Wildman–Crippen LogP) is 1.55. The standard InChI is InChI=1S/C14H24N2O/c1-8-12-5-13-10(4-14(12)17-16-8)2-9-3-11(13)7-15-6-9/h8-16H,2-7H2,1H3. The van der Waals surface area contributed by atoms with Crippen LogP contribution in [-0.2, 0) is 4.84 Å². The molecule has 0 spiro atoms. The molecule has 3 heteroatoms. The van der Waals surface area contributed by atoms with E-state index in [9.17, 15) is 0 Å². The van der Waals surface area contributed by atoms with Crippen LogP contribution in [0, 0.1) is 29.6 Å². The lowest BCUT2D eigenvalue weighted by molar-refractivity contribution is -0.0526. The molecule has 2 bridgehead atoms. The molecule has 0 aromatic rings. The van der Waals surface area contributed by atoms with Crippen molar-refractivity contribution in [3.63, 3.8) is 0 Å². The van der Waals surface area contributed by atoms with E-state index in [4.69, 9.17) is 4.84 Å². The van der Waals surface area contributed by atoms with Crippen molar-refractivity contribution in [3.05, 3.63) is 0 Å². The van der Waals surface area contributed by atoms with Crippen LogP contribution in [0.5, 0.6) is 0 Å². The van der Waals surface area contributed by atoms with Crippen molar-refractivity contribution >= 4 is 0 Å². The molecule has 0 aromatic carbocycles. The van der Waals surface area contributed by atoms with E-state index in [0.717, 1.165) is 29.6 Å². The summed E-state index contributed by atoms with van der Waals surface area (Å²) in [4.78, 5) is 5.77. The summed E-state index contributed by atoms with van der Waals surface area (Å²) >= 11 is 0. The van der Waals surface area contributed by atoms with Crippen molar-refractivity contribution in [2.45, 2.75) is 44.8 Å². The van der Waals surface area contributed by atoms with Crippen LogP contribution >= 0.6 is 0 Å². The first-order chi connectivity index (χ1) is 8.31. The second-order valence-electron chi connectivity index (χ2n) is 6.88. The fourth-order valence-electron chi connectivity index (χ4n) is 5.10. The van der Waals surface area contributed by atoms with Crippen LogP contribution in [-0.4, -0.2) is 25.2 Å². The molecule has 2 aliphatic heterocycles. The number of piperidine rings is 1. The van der Waals surface area contributed by atoms with Crippen LogP contribution in [0.15, 0.2) is 0 Å². The Morgan fingerprint density at radius 1 is 0.941 bits per heavy atom. The summed E-state index contributed by atoms with van der Waals surface area (Å²) < 4.78 is 0. The lowest BCUT2D eigenvalue weighted by Crippen LogP contribution is -2.50. The molecule has 7 unspecified atom stereocenters. The van der Waals surface area contributed by atoms with E-state index in [0.29, 0.717) is 12.1 Å². The summed E-state index contributed by atoms with van der Waals surface area (Å²) in [5.41, 5.74) is 3.22. The molecule has 4 rings (SSSR count). The van der Waals surface area contributed by atoms with E-state index < -0.39 is 0 Å². The SMILES string of the molecule is CC1NOC2CC3CC4CNCC(C4)C3CC12. The molecule has 4 aliphatic rings. The Labute approximate surface area is 104 Å². The van der Waals surface area contributed by atoms with Crippen LogP contribution in [0.2, 0.25) is 0 Å². The fraction of sp³-hybridized carbons (Fsp3) is 1.00. The van der Waals surface area contributed by atoms with E-state index in [2.05, 4.69) is 17.7 Å². The van der Waals surface area contributed by atoms with Gasteiger partial charge in [-0.3, -0.25) is 4.84 Å². The van der Waals surface area contributed by atoms with Crippen molar-refractivity contribution in [2.24, 2.45) is 29.6 Å². The Kier molecular flexibility index (Phi) is 2.50. The highest BCUT2D eigenvalue weighted by molar-refractivity contribution is 4.99. The first-order valence-electron chi connectivity index (χ1n) is 7.43. The molecule has 7 atom stereocenters. The number of fused-ring (bicyclic) bond motifs is 5. The Bertz CT molecular complexity index is 309. The Hall–Kier alpha value is -0.120. The molecule has 2 heterocycles. The van der Waals surface area contributed by atoms with E-state index in [1.54, 1.807) is 0 Å². The monoisotopic (exact) mass is 236 g/mol. The van der Waals surface area contributed by atoms with Gasteiger partial charge in [0.25, 0.3) is 0 Å². The minimum absolute atomic E-state index is 0.512. The third-order valence-corrected chi connectivity index (χ3v) is 5.93. The van der Waals surface area contributed by atoms with Crippen molar-refractivity contribution in [1.29, 1.82) is 0 Å². The van der Waals surface area contributed by atoms with Gasteiger partial charge in [-0.2, -0.15) is 5.48 Å². The molecule has 2 N–H and O–H groups in total. The first-order valence-corrected chi connectivity index (χ1v) is 7.43. The average molecular weight is 236 g/mol. The molecule has 4 fully saturated rings. The molecule has 0 radical (unpaired) electrons. The largest absolute Gasteiger partial charge is 0.316 e. The molecular formula is C14H24N2O. The lowest BCUT2D eigenvalue weighted by Gasteiger charge is -2.50. The Balaban J connectivity index is 1.56. The molecule has 3 nitrogen and oxygen atoms in total. The highest BCUT2D eigenvalue weighted by Gasteiger charge is 2.49. The Morgan fingerprint density at radius 3 is 2.76 bits per heavy atom. The molecule has 96 valence electrons. The summed E-state index contributed by atoms with van der Waals surface area (Å²) in [7, 11) is 0. The van der Waals surface area contributed by atoms with Gasteiger partial charge in [-0.15, -0.1) is 0 Å². The van der Waals surface area contributed by atoms with Crippen molar-refractivity contribution in [1.82, 2.24) is 10.8 Å². The number of hydrogen-bond donors (Lipinski definition) is 2. The third kappa shape index (κ3) is 1.66. The quantitative estimate of drug-likeness (QED) is 0.669. The van der Waals surface area contributed by atoms with E-state index in [1.165, 1.54) is 38.8 Å². The van der Waals surface area contributed by atoms with Crippen molar-refractivity contribution in [3.8, 4) is 0 Å². The molecule has 2 saturated heterocycles. The maximum Gasteiger partial charge on any atom is 0.0837 e. The minimum atomic E-state index is 0.512. The summed E-state index contributed by atoms with van der Waals surface area (Å²) in [6, 6.07) is 0.565. The first kappa shape index (κ1) is 10.8. The molecular weight excluding hydrogens is 212 g/mol. The normalized spacial score (nSPS) is 57.4. The number of hydrogen-bond acceptors (Lipinski definition) is 3. The predicted molar refractivity (Wildman–Crippen MR) is 66.3 cm³/mol. The highest BCUT2D eigenvalue weighted by Crippen LogP contribution is 2.50. The summed E-state index contributed by atoms with van der Waals surface area (Å²) in [6.07, 6.45) is 6.18. The number of nitrogens with one attached hydrogen (secondary N) is 2. The molecule has 0 aromatic heterocycles. The Morgan fingerprint density at radius 2 is 1.82 bits per heavy atom. The van der Waals surface area contributed by atoms with Gasteiger partial charge in [0.1, 0.15) is 0 Å². The third-order valence-electron chi connectivity index (χ3n) is 5.93. The molecule has 2 aliphatic carbocycles. The van der Waals surface area contributed by atoms with Crippen LogP contribution in [0.4, 0.5) is 0 Å². The molecule has 17 heavy (non-hydrogen) atoms. The molecule has 2 saturated carbocycles. The summed E-state index contributed by atoms with van der Waals surface area (Å²) in [5.74, 6) is 4.62.